The van der Waals surface area contributed by atoms with Crippen LogP contribution in [0.2, 0.25) is 0 Å². The summed E-state index contributed by atoms with van der Waals surface area (Å²) in [5.74, 6) is 1.60. The van der Waals surface area contributed by atoms with Crippen molar-refractivity contribution in [3.8, 4) is 0 Å². The molecule has 1 saturated carbocycles. The normalized spacial score (nSPS) is 27.6. The van der Waals surface area contributed by atoms with Crippen LogP contribution in [0.15, 0.2) is 24.3 Å². The SMILES string of the molecule is CCNC1CC(C)CCC1C(C)(C)c1ccc(C)cc1. The highest BCUT2D eigenvalue weighted by Crippen LogP contribution is 2.42. The first kappa shape index (κ1) is 15.6. The molecular weight excluding hydrogens is 242 g/mol. The first-order valence-corrected chi connectivity index (χ1v) is 8.25. The molecule has 0 radical (unpaired) electrons. The molecular formula is C19H31N. The van der Waals surface area contributed by atoms with Crippen LogP contribution in [0.3, 0.4) is 0 Å². The maximum Gasteiger partial charge on any atom is 0.0106 e. The van der Waals surface area contributed by atoms with Gasteiger partial charge in [0.25, 0.3) is 0 Å². The third-order valence-electron chi connectivity index (χ3n) is 5.30. The molecule has 3 atom stereocenters. The van der Waals surface area contributed by atoms with E-state index in [0.717, 1.165) is 18.4 Å². The Hall–Kier alpha value is -0.820. The quantitative estimate of drug-likeness (QED) is 0.839. The van der Waals surface area contributed by atoms with Gasteiger partial charge in [-0.05, 0) is 49.1 Å². The first-order chi connectivity index (χ1) is 9.45. The second-order valence-corrected chi connectivity index (χ2v) is 7.28. The van der Waals surface area contributed by atoms with Crippen LogP contribution >= 0.6 is 0 Å². The van der Waals surface area contributed by atoms with Crippen molar-refractivity contribution in [2.45, 2.75) is 65.3 Å². The largest absolute Gasteiger partial charge is 0.314 e. The summed E-state index contributed by atoms with van der Waals surface area (Å²) in [7, 11) is 0. The van der Waals surface area contributed by atoms with Gasteiger partial charge in [0.1, 0.15) is 0 Å². The van der Waals surface area contributed by atoms with Gasteiger partial charge in [-0.1, -0.05) is 63.9 Å². The molecule has 112 valence electrons. The predicted octanol–water partition coefficient (Wildman–Crippen LogP) is 4.69. The zero-order valence-corrected chi connectivity index (χ0v) is 13.9. The van der Waals surface area contributed by atoms with Gasteiger partial charge in [-0.15, -0.1) is 0 Å². The maximum atomic E-state index is 3.75. The van der Waals surface area contributed by atoms with Gasteiger partial charge in [0.15, 0.2) is 0 Å². The van der Waals surface area contributed by atoms with Crippen LogP contribution in [0.4, 0.5) is 0 Å². The van der Waals surface area contributed by atoms with E-state index in [0.29, 0.717) is 6.04 Å². The van der Waals surface area contributed by atoms with Crippen molar-refractivity contribution in [1.29, 1.82) is 0 Å². The summed E-state index contributed by atoms with van der Waals surface area (Å²) in [4.78, 5) is 0. The van der Waals surface area contributed by atoms with Crippen LogP contribution in [0.25, 0.3) is 0 Å². The summed E-state index contributed by atoms with van der Waals surface area (Å²) in [5, 5.41) is 3.75. The number of benzene rings is 1. The Labute approximate surface area is 125 Å². The van der Waals surface area contributed by atoms with E-state index in [4.69, 9.17) is 0 Å². The van der Waals surface area contributed by atoms with Crippen LogP contribution in [0.1, 0.15) is 58.1 Å². The van der Waals surface area contributed by atoms with Crippen LogP contribution in [0.5, 0.6) is 0 Å². The van der Waals surface area contributed by atoms with Crippen molar-refractivity contribution in [3.05, 3.63) is 35.4 Å². The smallest absolute Gasteiger partial charge is 0.0106 e. The summed E-state index contributed by atoms with van der Waals surface area (Å²) in [6.45, 7) is 12.7. The molecule has 0 amide bonds. The van der Waals surface area contributed by atoms with E-state index in [1.165, 1.54) is 30.4 Å². The highest BCUT2D eigenvalue weighted by atomic mass is 14.9. The van der Waals surface area contributed by atoms with Crippen LogP contribution < -0.4 is 5.32 Å². The van der Waals surface area contributed by atoms with Crippen LogP contribution in [-0.2, 0) is 5.41 Å². The highest BCUT2D eigenvalue weighted by molar-refractivity contribution is 5.29. The van der Waals surface area contributed by atoms with E-state index < -0.39 is 0 Å². The van der Waals surface area contributed by atoms with E-state index in [2.05, 4.69) is 64.2 Å². The molecule has 1 aromatic carbocycles. The number of hydrogen-bond acceptors (Lipinski definition) is 1. The number of hydrogen-bond donors (Lipinski definition) is 1. The van der Waals surface area contributed by atoms with Crippen molar-refractivity contribution in [3.63, 3.8) is 0 Å². The Morgan fingerprint density at radius 3 is 2.40 bits per heavy atom. The van der Waals surface area contributed by atoms with Gasteiger partial charge < -0.3 is 5.32 Å². The minimum atomic E-state index is 0.251. The van der Waals surface area contributed by atoms with Crippen molar-refractivity contribution < 1.29 is 0 Å². The molecule has 1 nitrogen and oxygen atoms in total. The Morgan fingerprint density at radius 2 is 1.80 bits per heavy atom. The Bertz CT molecular complexity index is 418. The van der Waals surface area contributed by atoms with Gasteiger partial charge in [0.2, 0.25) is 0 Å². The lowest BCUT2D eigenvalue weighted by Crippen LogP contribution is -2.48. The van der Waals surface area contributed by atoms with Crippen molar-refractivity contribution in [1.82, 2.24) is 5.32 Å². The minimum Gasteiger partial charge on any atom is -0.314 e. The zero-order chi connectivity index (χ0) is 14.8. The Balaban J connectivity index is 2.23. The second-order valence-electron chi connectivity index (χ2n) is 7.28. The van der Waals surface area contributed by atoms with Gasteiger partial charge in [-0.3, -0.25) is 0 Å². The molecule has 0 saturated heterocycles. The summed E-state index contributed by atoms with van der Waals surface area (Å²) in [6.07, 6.45) is 4.05. The summed E-state index contributed by atoms with van der Waals surface area (Å²) in [6, 6.07) is 9.84. The third kappa shape index (κ3) is 3.25. The average Bonchev–Trinajstić information content (AvgIpc) is 2.39. The topological polar surface area (TPSA) is 12.0 Å². The third-order valence-corrected chi connectivity index (χ3v) is 5.30. The van der Waals surface area contributed by atoms with E-state index >= 15 is 0 Å². The Kier molecular flexibility index (Phi) is 4.90. The fraction of sp³-hybridized carbons (Fsp3) is 0.684. The van der Waals surface area contributed by atoms with Gasteiger partial charge in [0, 0.05) is 6.04 Å². The molecule has 0 bridgehead atoms. The number of nitrogens with one attached hydrogen (secondary N) is 1. The van der Waals surface area contributed by atoms with E-state index in [1.54, 1.807) is 0 Å². The van der Waals surface area contributed by atoms with Gasteiger partial charge >= 0.3 is 0 Å². The van der Waals surface area contributed by atoms with E-state index in [1.807, 2.05) is 0 Å². The molecule has 1 heteroatoms. The fourth-order valence-electron chi connectivity index (χ4n) is 3.93. The second kappa shape index (κ2) is 6.30. The molecule has 1 N–H and O–H groups in total. The van der Waals surface area contributed by atoms with Gasteiger partial charge in [-0.2, -0.15) is 0 Å². The number of rotatable bonds is 4. The molecule has 0 aliphatic heterocycles. The number of aryl methyl sites for hydroxylation is 1. The van der Waals surface area contributed by atoms with Crippen LogP contribution in [-0.4, -0.2) is 12.6 Å². The van der Waals surface area contributed by atoms with E-state index in [-0.39, 0.29) is 5.41 Å². The summed E-state index contributed by atoms with van der Waals surface area (Å²) >= 11 is 0. The maximum absolute atomic E-state index is 3.75. The molecule has 2 rings (SSSR count). The molecule has 0 spiro atoms. The van der Waals surface area contributed by atoms with E-state index in [9.17, 15) is 0 Å². The van der Waals surface area contributed by atoms with Crippen molar-refractivity contribution in [2.24, 2.45) is 11.8 Å². The lowest BCUT2D eigenvalue weighted by Gasteiger charge is -2.45. The van der Waals surface area contributed by atoms with Crippen molar-refractivity contribution >= 4 is 0 Å². The predicted molar refractivity (Wildman–Crippen MR) is 88.2 cm³/mol. The van der Waals surface area contributed by atoms with Gasteiger partial charge in [0.05, 0.1) is 0 Å². The summed E-state index contributed by atoms with van der Waals surface area (Å²) < 4.78 is 0. The summed E-state index contributed by atoms with van der Waals surface area (Å²) in [5.41, 5.74) is 3.09. The van der Waals surface area contributed by atoms with Crippen molar-refractivity contribution in [2.75, 3.05) is 6.54 Å². The van der Waals surface area contributed by atoms with Gasteiger partial charge in [-0.25, -0.2) is 0 Å². The lowest BCUT2D eigenvalue weighted by molar-refractivity contribution is 0.147. The highest BCUT2D eigenvalue weighted by Gasteiger charge is 2.39. The molecule has 1 fully saturated rings. The zero-order valence-electron chi connectivity index (χ0n) is 13.9. The molecule has 1 aromatic rings. The molecule has 1 aliphatic rings. The molecule has 0 aromatic heterocycles. The Morgan fingerprint density at radius 1 is 1.15 bits per heavy atom. The first-order valence-electron chi connectivity index (χ1n) is 8.25. The molecule has 3 unspecified atom stereocenters. The molecule has 20 heavy (non-hydrogen) atoms. The monoisotopic (exact) mass is 273 g/mol. The minimum absolute atomic E-state index is 0.251. The molecule has 0 heterocycles. The standard InChI is InChI=1S/C19H31N/c1-6-20-18-13-15(3)9-12-17(18)19(4,5)16-10-7-14(2)8-11-16/h7-8,10-11,15,17-18,20H,6,9,12-13H2,1-5H3. The fourth-order valence-corrected chi connectivity index (χ4v) is 3.93. The lowest BCUT2D eigenvalue weighted by atomic mass is 9.63. The van der Waals surface area contributed by atoms with Crippen LogP contribution in [0, 0.1) is 18.8 Å². The average molecular weight is 273 g/mol. The molecule has 1 aliphatic carbocycles.